The van der Waals surface area contributed by atoms with Crippen LogP contribution in [0.25, 0.3) is 10.2 Å². The van der Waals surface area contributed by atoms with Gasteiger partial charge in [0.1, 0.15) is 16.7 Å². The van der Waals surface area contributed by atoms with Crippen LogP contribution in [0, 0.1) is 6.92 Å². The number of amides is 1. The molecule has 1 amide bonds. The Balaban J connectivity index is 2.18. The van der Waals surface area contributed by atoms with E-state index in [1.807, 2.05) is 0 Å². The van der Waals surface area contributed by atoms with E-state index < -0.39 is 6.04 Å². The Kier molecular flexibility index (Phi) is 3.25. The highest BCUT2D eigenvalue weighted by molar-refractivity contribution is 9.11. The molecule has 0 aliphatic carbocycles. The molecular weight excluding hydrogens is 342 g/mol. The molecule has 1 N–H and O–H groups in total. The molecule has 1 aliphatic heterocycles. The lowest BCUT2D eigenvalue weighted by atomic mass is 10.0. The quantitative estimate of drug-likeness (QED) is 0.856. The smallest absolute Gasteiger partial charge is 0.263 e. The summed E-state index contributed by atoms with van der Waals surface area (Å²) in [4.78, 5) is 29.8. The van der Waals surface area contributed by atoms with Crippen LogP contribution in [0.2, 0.25) is 0 Å². The number of nitrogens with one attached hydrogen (secondary N) is 1. The van der Waals surface area contributed by atoms with Crippen molar-refractivity contribution in [3.05, 3.63) is 38.3 Å². The molecule has 5 nitrogen and oxygen atoms in total. The number of thiophene rings is 1. The van der Waals surface area contributed by atoms with Crippen molar-refractivity contribution in [3.8, 4) is 0 Å². The summed E-state index contributed by atoms with van der Waals surface area (Å²) >= 11 is 4.78. The van der Waals surface area contributed by atoms with Gasteiger partial charge in [-0.2, -0.15) is 0 Å². The number of nitrogens with zero attached hydrogens (tertiary/aromatic N) is 2. The fourth-order valence-corrected chi connectivity index (χ4v) is 3.93. The Bertz CT molecular complexity index is 793. The first-order chi connectivity index (χ1) is 9.47. The van der Waals surface area contributed by atoms with Gasteiger partial charge in [-0.05, 0) is 41.8 Å². The van der Waals surface area contributed by atoms with Crippen LogP contribution in [0.3, 0.4) is 0 Å². The van der Waals surface area contributed by atoms with Gasteiger partial charge in [0.25, 0.3) is 5.56 Å². The van der Waals surface area contributed by atoms with Gasteiger partial charge in [0.05, 0.1) is 9.17 Å². The van der Waals surface area contributed by atoms with Gasteiger partial charge in [-0.1, -0.05) is 6.58 Å². The molecule has 3 rings (SSSR count). The van der Waals surface area contributed by atoms with Crippen LogP contribution < -0.4 is 10.9 Å². The van der Waals surface area contributed by atoms with Crippen molar-refractivity contribution < 1.29 is 4.79 Å². The Labute approximate surface area is 127 Å². The summed E-state index contributed by atoms with van der Waals surface area (Å²) in [6.07, 6.45) is 1.25. The molecular formula is C13H12BrN3O2S. The van der Waals surface area contributed by atoms with Crippen molar-refractivity contribution in [3.63, 3.8) is 0 Å². The second kappa shape index (κ2) is 4.82. The summed E-state index contributed by atoms with van der Waals surface area (Å²) in [6, 6.07) is 1.24. The number of aromatic nitrogens is 2. The summed E-state index contributed by atoms with van der Waals surface area (Å²) in [5.74, 6) is 0.367. The van der Waals surface area contributed by atoms with E-state index in [2.05, 4.69) is 32.8 Å². The third-order valence-electron chi connectivity index (χ3n) is 3.38. The number of hydrogen-bond acceptors (Lipinski definition) is 4. The summed E-state index contributed by atoms with van der Waals surface area (Å²) in [6.45, 7) is 5.51. The van der Waals surface area contributed by atoms with Crippen LogP contribution in [0.5, 0.6) is 0 Å². The Hall–Kier alpha value is -1.47. The van der Waals surface area contributed by atoms with Gasteiger partial charge in [0, 0.05) is 5.70 Å². The van der Waals surface area contributed by atoms with Crippen molar-refractivity contribution in [1.82, 2.24) is 14.9 Å². The second-order valence-electron chi connectivity index (χ2n) is 4.75. The maximum Gasteiger partial charge on any atom is 0.263 e. The van der Waals surface area contributed by atoms with Crippen LogP contribution in [-0.4, -0.2) is 15.5 Å². The first-order valence-electron chi connectivity index (χ1n) is 6.14. The first-order valence-corrected chi connectivity index (χ1v) is 7.75. The number of hydrogen-bond donors (Lipinski definition) is 1. The first kappa shape index (κ1) is 13.5. The largest absolute Gasteiger partial charge is 0.329 e. The standard InChI is InChI=1S/C13H12BrN3O2S/c1-6-3-4-9(11(18)15-6)17-7(2)16-12-8(13(17)19)5-10(14)20-12/h5,9H,1,3-4H2,2H3,(H,15,18). The van der Waals surface area contributed by atoms with Gasteiger partial charge in [-0.3, -0.25) is 14.2 Å². The average Bonchev–Trinajstić information content (AvgIpc) is 2.72. The normalized spacial score (nSPS) is 19.4. The maximum absolute atomic E-state index is 12.6. The lowest BCUT2D eigenvalue weighted by Crippen LogP contribution is -2.41. The molecule has 1 fully saturated rings. The minimum atomic E-state index is -0.511. The van der Waals surface area contributed by atoms with E-state index in [4.69, 9.17) is 0 Å². The summed E-state index contributed by atoms with van der Waals surface area (Å²) in [7, 11) is 0. The number of carbonyl (C=O) groups excluding carboxylic acids is 1. The highest BCUT2D eigenvalue weighted by Gasteiger charge is 2.28. The number of piperidine rings is 1. The van der Waals surface area contributed by atoms with Gasteiger partial charge < -0.3 is 5.32 Å². The van der Waals surface area contributed by atoms with Crippen LogP contribution >= 0.6 is 27.3 Å². The maximum atomic E-state index is 12.6. The van der Waals surface area contributed by atoms with E-state index >= 15 is 0 Å². The topological polar surface area (TPSA) is 64.0 Å². The van der Waals surface area contributed by atoms with Crippen LogP contribution in [0.15, 0.2) is 26.9 Å². The lowest BCUT2D eigenvalue weighted by molar-refractivity contribution is -0.124. The summed E-state index contributed by atoms with van der Waals surface area (Å²) in [5, 5.41) is 3.25. The van der Waals surface area contributed by atoms with Crippen molar-refractivity contribution >= 4 is 43.4 Å². The third kappa shape index (κ3) is 2.10. The van der Waals surface area contributed by atoms with Crippen molar-refractivity contribution in [2.45, 2.75) is 25.8 Å². The van der Waals surface area contributed by atoms with Crippen molar-refractivity contribution in [2.24, 2.45) is 0 Å². The molecule has 0 radical (unpaired) electrons. The molecule has 2 aromatic rings. The summed E-state index contributed by atoms with van der Waals surface area (Å²) in [5.41, 5.74) is 0.534. The zero-order chi connectivity index (χ0) is 14.4. The molecule has 104 valence electrons. The molecule has 1 atom stereocenters. The zero-order valence-corrected chi connectivity index (χ0v) is 13.2. The minimum absolute atomic E-state index is 0.165. The molecule has 0 bridgehead atoms. The summed E-state index contributed by atoms with van der Waals surface area (Å²) < 4.78 is 2.35. The molecule has 1 aliphatic rings. The average molecular weight is 354 g/mol. The molecule has 0 spiro atoms. The predicted octanol–water partition coefficient (Wildman–Crippen LogP) is 2.49. The Morgan fingerprint density at radius 2 is 2.30 bits per heavy atom. The molecule has 0 aromatic carbocycles. The Morgan fingerprint density at radius 3 is 3.00 bits per heavy atom. The third-order valence-corrected chi connectivity index (χ3v) is 4.91. The van der Waals surface area contributed by atoms with Gasteiger partial charge >= 0.3 is 0 Å². The van der Waals surface area contributed by atoms with Crippen LogP contribution in [0.4, 0.5) is 0 Å². The van der Waals surface area contributed by atoms with E-state index in [1.54, 1.807) is 13.0 Å². The predicted molar refractivity (Wildman–Crippen MR) is 81.9 cm³/mol. The molecule has 3 heterocycles. The van der Waals surface area contributed by atoms with Crippen molar-refractivity contribution in [1.29, 1.82) is 0 Å². The number of aryl methyl sites for hydroxylation is 1. The fraction of sp³-hybridized carbons (Fsp3) is 0.308. The monoisotopic (exact) mass is 353 g/mol. The number of rotatable bonds is 1. The van der Waals surface area contributed by atoms with Crippen LogP contribution in [-0.2, 0) is 4.79 Å². The molecule has 2 aromatic heterocycles. The van der Waals surface area contributed by atoms with Gasteiger partial charge in [0.2, 0.25) is 5.91 Å². The molecule has 0 saturated carbocycles. The van der Waals surface area contributed by atoms with Gasteiger partial charge in [-0.15, -0.1) is 11.3 Å². The molecule has 7 heteroatoms. The van der Waals surface area contributed by atoms with Crippen LogP contribution in [0.1, 0.15) is 24.7 Å². The SMILES string of the molecule is C=C1CCC(n2c(C)nc3sc(Br)cc3c2=O)C(=O)N1. The second-order valence-corrected chi connectivity index (χ2v) is 7.16. The van der Waals surface area contributed by atoms with E-state index in [0.717, 1.165) is 3.79 Å². The van der Waals surface area contributed by atoms with E-state index in [-0.39, 0.29) is 11.5 Å². The number of allylic oxidation sites excluding steroid dienone is 1. The van der Waals surface area contributed by atoms with Gasteiger partial charge in [0.15, 0.2) is 0 Å². The zero-order valence-electron chi connectivity index (χ0n) is 10.8. The van der Waals surface area contributed by atoms with E-state index in [1.165, 1.54) is 15.9 Å². The van der Waals surface area contributed by atoms with E-state index in [0.29, 0.717) is 34.6 Å². The number of halogens is 1. The van der Waals surface area contributed by atoms with Crippen molar-refractivity contribution in [2.75, 3.05) is 0 Å². The lowest BCUT2D eigenvalue weighted by Gasteiger charge is -2.26. The molecule has 1 unspecified atom stereocenters. The molecule has 1 saturated heterocycles. The number of fused-ring (bicyclic) bond motifs is 1. The highest BCUT2D eigenvalue weighted by Crippen LogP contribution is 2.28. The Morgan fingerprint density at radius 1 is 1.55 bits per heavy atom. The fourth-order valence-electron chi connectivity index (χ4n) is 2.44. The van der Waals surface area contributed by atoms with E-state index in [9.17, 15) is 9.59 Å². The highest BCUT2D eigenvalue weighted by atomic mass is 79.9. The molecule has 20 heavy (non-hydrogen) atoms. The number of carbonyl (C=O) groups is 1. The van der Waals surface area contributed by atoms with Gasteiger partial charge in [-0.25, -0.2) is 4.98 Å². The minimum Gasteiger partial charge on any atom is -0.329 e.